The van der Waals surface area contributed by atoms with Gasteiger partial charge in [0.15, 0.2) is 0 Å². The van der Waals surface area contributed by atoms with E-state index in [1.165, 1.54) is 5.56 Å². The third-order valence-electron chi connectivity index (χ3n) is 3.06. The summed E-state index contributed by atoms with van der Waals surface area (Å²) in [7, 11) is 0. The van der Waals surface area contributed by atoms with Gasteiger partial charge in [0.2, 0.25) is 0 Å². The van der Waals surface area contributed by atoms with Crippen LogP contribution in [0, 0.1) is 0 Å². The average Bonchev–Trinajstić information content (AvgIpc) is 2.27. The van der Waals surface area contributed by atoms with E-state index in [-0.39, 0.29) is 5.54 Å². The first kappa shape index (κ1) is 12.3. The van der Waals surface area contributed by atoms with Gasteiger partial charge in [-0.2, -0.15) is 0 Å². The zero-order valence-corrected chi connectivity index (χ0v) is 10.4. The Hall–Kier alpha value is -0.820. The highest BCUT2D eigenvalue weighted by molar-refractivity contribution is 5.19. The molecule has 1 N–H and O–H groups in total. The van der Waals surface area contributed by atoms with E-state index < -0.39 is 0 Å². The Balaban J connectivity index is 2.73. The molecule has 1 atom stereocenters. The van der Waals surface area contributed by atoms with Gasteiger partial charge in [0.1, 0.15) is 0 Å². The van der Waals surface area contributed by atoms with E-state index in [4.69, 9.17) is 0 Å². The fourth-order valence-electron chi connectivity index (χ4n) is 1.68. The lowest BCUT2D eigenvalue weighted by molar-refractivity contribution is 0.321. The van der Waals surface area contributed by atoms with Crippen LogP contribution in [0.4, 0.5) is 0 Å². The molecule has 0 aliphatic heterocycles. The molecule has 0 aliphatic carbocycles. The van der Waals surface area contributed by atoms with Crippen molar-refractivity contribution in [2.45, 2.75) is 52.1 Å². The summed E-state index contributed by atoms with van der Waals surface area (Å²) in [6.45, 7) is 8.98. The molecule has 0 fully saturated rings. The van der Waals surface area contributed by atoms with E-state index in [2.05, 4.69) is 63.3 Å². The molecule has 1 rings (SSSR count). The summed E-state index contributed by atoms with van der Waals surface area (Å²) in [6, 6.07) is 11.2. The second kappa shape index (κ2) is 5.32. The molecule has 0 saturated carbocycles. The summed E-state index contributed by atoms with van der Waals surface area (Å²) in [5.41, 5.74) is 1.61. The lowest BCUT2D eigenvalue weighted by Gasteiger charge is -2.31. The van der Waals surface area contributed by atoms with Crippen LogP contribution in [-0.2, 0) is 0 Å². The minimum Gasteiger partial charge on any atom is -0.305 e. The molecule has 0 bridgehead atoms. The first-order valence-electron chi connectivity index (χ1n) is 5.91. The van der Waals surface area contributed by atoms with Crippen LogP contribution in [0.3, 0.4) is 0 Å². The van der Waals surface area contributed by atoms with Crippen molar-refractivity contribution in [3.05, 3.63) is 35.9 Å². The quantitative estimate of drug-likeness (QED) is 0.768. The normalized spacial score (nSPS) is 13.9. The second-order valence-corrected chi connectivity index (χ2v) is 4.75. The van der Waals surface area contributed by atoms with Crippen molar-refractivity contribution in [3.8, 4) is 0 Å². The maximum atomic E-state index is 3.71. The zero-order valence-electron chi connectivity index (χ0n) is 10.4. The molecule has 0 amide bonds. The number of rotatable bonds is 5. The predicted octanol–water partition coefficient (Wildman–Crippen LogP) is 3.92. The van der Waals surface area contributed by atoms with Crippen LogP contribution in [-0.4, -0.2) is 5.54 Å². The summed E-state index contributed by atoms with van der Waals surface area (Å²) in [5, 5.41) is 3.71. The Labute approximate surface area is 93.9 Å². The van der Waals surface area contributed by atoms with Crippen LogP contribution in [0.15, 0.2) is 30.3 Å². The average molecular weight is 205 g/mol. The largest absolute Gasteiger partial charge is 0.305 e. The van der Waals surface area contributed by atoms with Gasteiger partial charge in [-0.15, -0.1) is 0 Å². The van der Waals surface area contributed by atoms with Gasteiger partial charge in [0.05, 0.1) is 0 Å². The maximum Gasteiger partial charge on any atom is 0.0322 e. The van der Waals surface area contributed by atoms with Crippen molar-refractivity contribution in [2.75, 3.05) is 0 Å². The minimum atomic E-state index is 0.219. The van der Waals surface area contributed by atoms with Crippen molar-refractivity contribution < 1.29 is 0 Å². The van der Waals surface area contributed by atoms with E-state index >= 15 is 0 Å². The van der Waals surface area contributed by atoms with Gasteiger partial charge in [-0.25, -0.2) is 0 Å². The lowest BCUT2D eigenvalue weighted by Crippen LogP contribution is -2.40. The molecule has 0 aromatic heterocycles. The third kappa shape index (κ3) is 3.67. The summed E-state index contributed by atoms with van der Waals surface area (Å²) in [4.78, 5) is 0. The Morgan fingerprint density at radius 2 is 1.73 bits per heavy atom. The molecule has 0 spiro atoms. The highest BCUT2D eigenvalue weighted by Crippen LogP contribution is 2.21. The maximum absolute atomic E-state index is 3.71. The first-order valence-corrected chi connectivity index (χ1v) is 5.91. The lowest BCUT2D eigenvalue weighted by atomic mass is 9.96. The Morgan fingerprint density at radius 3 is 2.20 bits per heavy atom. The van der Waals surface area contributed by atoms with Gasteiger partial charge in [-0.1, -0.05) is 44.2 Å². The van der Waals surface area contributed by atoms with E-state index in [0.29, 0.717) is 6.04 Å². The van der Waals surface area contributed by atoms with Crippen molar-refractivity contribution in [1.82, 2.24) is 5.32 Å². The van der Waals surface area contributed by atoms with Gasteiger partial charge in [-0.3, -0.25) is 0 Å². The molecular formula is C14H23N. The zero-order chi connectivity index (χ0) is 11.3. The van der Waals surface area contributed by atoms with E-state index in [9.17, 15) is 0 Å². The van der Waals surface area contributed by atoms with E-state index in [0.717, 1.165) is 12.8 Å². The Bertz CT molecular complexity index is 277. The fourth-order valence-corrected chi connectivity index (χ4v) is 1.68. The smallest absolute Gasteiger partial charge is 0.0322 e. The molecule has 0 radical (unpaired) electrons. The van der Waals surface area contributed by atoms with Crippen LogP contribution >= 0.6 is 0 Å². The molecule has 15 heavy (non-hydrogen) atoms. The van der Waals surface area contributed by atoms with Crippen molar-refractivity contribution in [2.24, 2.45) is 0 Å². The standard InChI is InChI=1S/C14H23N/c1-5-13(15-14(3,4)6-2)12-10-8-7-9-11-12/h7-11,13,15H,5-6H2,1-4H3. The van der Waals surface area contributed by atoms with Gasteiger partial charge in [0.25, 0.3) is 0 Å². The van der Waals surface area contributed by atoms with Crippen LogP contribution in [0.5, 0.6) is 0 Å². The van der Waals surface area contributed by atoms with Gasteiger partial charge < -0.3 is 5.32 Å². The number of hydrogen-bond donors (Lipinski definition) is 1. The van der Waals surface area contributed by atoms with Crippen molar-refractivity contribution >= 4 is 0 Å². The fraction of sp³-hybridized carbons (Fsp3) is 0.571. The van der Waals surface area contributed by atoms with Gasteiger partial charge in [0, 0.05) is 11.6 Å². The summed E-state index contributed by atoms with van der Waals surface area (Å²) < 4.78 is 0. The number of nitrogens with one attached hydrogen (secondary N) is 1. The van der Waals surface area contributed by atoms with Gasteiger partial charge in [-0.05, 0) is 32.3 Å². The van der Waals surface area contributed by atoms with Crippen LogP contribution in [0.25, 0.3) is 0 Å². The highest BCUT2D eigenvalue weighted by Gasteiger charge is 2.19. The van der Waals surface area contributed by atoms with Crippen LogP contribution in [0.1, 0.15) is 52.1 Å². The van der Waals surface area contributed by atoms with E-state index in [1.54, 1.807) is 0 Å². The van der Waals surface area contributed by atoms with Crippen LogP contribution < -0.4 is 5.32 Å². The molecule has 84 valence electrons. The molecule has 0 saturated heterocycles. The third-order valence-corrected chi connectivity index (χ3v) is 3.06. The highest BCUT2D eigenvalue weighted by atomic mass is 15.0. The predicted molar refractivity (Wildman–Crippen MR) is 67.0 cm³/mol. The summed E-state index contributed by atoms with van der Waals surface area (Å²) in [5.74, 6) is 0. The van der Waals surface area contributed by atoms with Crippen molar-refractivity contribution in [1.29, 1.82) is 0 Å². The molecule has 0 aliphatic rings. The molecule has 1 aromatic carbocycles. The molecular weight excluding hydrogens is 182 g/mol. The topological polar surface area (TPSA) is 12.0 Å². The minimum absolute atomic E-state index is 0.219. The monoisotopic (exact) mass is 205 g/mol. The summed E-state index contributed by atoms with van der Waals surface area (Å²) >= 11 is 0. The number of benzene rings is 1. The second-order valence-electron chi connectivity index (χ2n) is 4.75. The summed E-state index contributed by atoms with van der Waals surface area (Å²) in [6.07, 6.45) is 2.28. The SMILES string of the molecule is CCC(NC(C)(C)CC)c1ccccc1. The Kier molecular flexibility index (Phi) is 4.34. The van der Waals surface area contributed by atoms with Crippen molar-refractivity contribution in [3.63, 3.8) is 0 Å². The van der Waals surface area contributed by atoms with Gasteiger partial charge >= 0.3 is 0 Å². The molecule has 1 nitrogen and oxygen atoms in total. The molecule has 0 heterocycles. The first-order chi connectivity index (χ1) is 7.09. The Morgan fingerprint density at radius 1 is 1.13 bits per heavy atom. The molecule has 1 heteroatoms. The molecule has 1 unspecified atom stereocenters. The number of hydrogen-bond acceptors (Lipinski definition) is 1. The van der Waals surface area contributed by atoms with E-state index in [1.807, 2.05) is 0 Å². The van der Waals surface area contributed by atoms with Crippen LogP contribution in [0.2, 0.25) is 0 Å². The molecule has 1 aromatic rings.